The molecular weight excluding hydrogens is 500 g/mol. The summed E-state index contributed by atoms with van der Waals surface area (Å²) in [4.78, 5) is 30.1. The van der Waals surface area contributed by atoms with E-state index >= 15 is 0 Å². The number of aliphatic imine (C=N–C) groups is 1. The molecule has 2 atom stereocenters. The van der Waals surface area contributed by atoms with Gasteiger partial charge in [0.05, 0.1) is 6.04 Å². The summed E-state index contributed by atoms with van der Waals surface area (Å²) in [5.41, 5.74) is 7.83. The first-order valence-corrected chi connectivity index (χ1v) is 10.4. The van der Waals surface area contributed by atoms with Crippen LogP contribution in [0.25, 0.3) is 0 Å². The van der Waals surface area contributed by atoms with Crippen molar-refractivity contribution in [2.24, 2.45) is 16.6 Å². The van der Waals surface area contributed by atoms with Crippen molar-refractivity contribution in [3.05, 3.63) is 47.7 Å². The monoisotopic (exact) mass is 522 g/mol. The van der Waals surface area contributed by atoms with Gasteiger partial charge in [0.1, 0.15) is 0 Å². The first-order valence-electron chi connectivity index (χ1n) is 8.70. The molecule has 1 aromatic carbocycles. The van der Waals surface area contributed by atoms with Crippen LogP contribution in [0.1, 0.15) is 41.2 Å². The van der Waals surface area contributed by atoms with E-state index in [9.17, 15) is 9.59 Å². The average Bonchev–Trinajstić information content (AvgIpc) is 3.40. The number of hydrogen-bond acceptors (Lipinski definition) is 4. The number of nitrogens with one attached hydrogen (secondary N) is 1. The zero-order chi connectivity index (χ0) is 18.5. The summed E-state index contributed by atoms with van der Waals surface area (Å²) < 4.78 is 1.74. The minimum atomic E-state index is -0.209. The molecule has 0 aromatic heterocycles. The van der Waals surface area contributed by atoms with Crippen LogP contribution < -0.4 is 11.1 Å². The molecular formula is C19H22N4O2W. The standard InChI is InChI=1S/C19H22N4O2.W/c1-21-10-3-11-22-18(24)14-8-6-13(7-9-14)17(20)16-12-23(16)19(25)15-4-2-5-15;/h1,3,6-11,15-17H,2,4-5,12,20H2,(H,22,24);. The second-order valence-electron chi connectivity index (χ2n) is 6.57. The number of amides is 2. The molecule has 1 heterocycles. The summed E-state index contributed by atoms with van der Waals surface area (Å²) >= 11 is 1.27. The molecule has 7 heteroatoms. The summed E-state index contributed by atoms with van der Waals surface area (Å²) in [6, 6.07) is 7.13. The number of carbonyl (C=O) groups excluding carboxylic acids is 2. The smallest absolute Gasteiger partial charge is 0.226 e. The van der Waals surface area contributed by atoms with Gasteiger partial charge in [0, 0.05) is 12.5 Å². The second kappa shape index (κ2) is 8.65. The molecule has 1 aliphatic heterocycles. The molecule has 0 radical (unpaired) electrons. The van der Waals surface area contributed by atoms with Crippen LogP contribution in [0.15, 0.2) is 41.5 Å². The van der Waals surface area contributed by atoms with Crippen LogP contribution in [-0.4, -0.2) is 40.0 Å². The van der Waals surface area contributed by atoms with Crippen molar-refractivity contribution in [1.82, 2.24) is 10.2 Å². The maximum Gasteiger partial charge on any atom is 0.226 e. The van der Waals surface area contributed by atoms with Crippen molar-refractivity contribution in [3.63, 3.8) is 0 Å². The Morgan fingerprint density at radius 2 is 2.04 bits per heavy atom. The second-order valence-corrected chi connectivity index (χ2v) is 7.33. The Hall–Kier alpha value is -1.91. The van der Waals surface area contributed by atoms with Crippen LogP contribution in [0.2, 0.25) is 0 Å². The third-order valence-electron chi connectivity index (χ3n) is 4.90. The number of hydrogen-bond donors (Lipinski definition) is 2. The third kappa shape index (κ3) is 4.43. The summed E-state index contributed by atoms with van der Waals surface area (Å²) in [5, 5.41) is 2.69. The van der Waals surface area contributed by atoms with E-state index in [2.05, 4.69) is 10.3 Å². The van der Waals surface area contributed by atoms with Gasteiger partial charge in [0.15, 0.2) is 0 Å². The molecule has 3 rings (SSSR count). The predicted octanol–water partition coefficient (Wildman–Crippen LogP) is 1.32. The van der Waals surface area contributed by atoms with Crippen LogP contribution in [0, 0.1) is 5.92 Å². The topological polar surface area (TPSA) is 87.6 Å². The number of rotatable bonds is 7. The van der Waals surface area contributed by atoms with E-state index in [0.717, 1.165) is 31.4 Å². The fourth-order valence-corrected chi connectivity index (χ4v) is 3.27. The van der Waals surface area contributed by atoms with Crippen molar-refractivity contribution in [2.75, 3.05) is 6.54 Å². The summed E-state index contributed by atoms with van der Waals surface area (Å²) in [5.74, 6) is 0.284. The molecule has 2 aliphatic rings. The van der Waals surface area contributed by atoms with Gasteiger partial charge >= 0.3 is 105 Å². The Labute approximate surface area is 163 Å². The van der Waals surface area contributed by atoms with Crippen molar-refractivity contribution in [2.45, 2.75) is 31.3 Å². The first-order chi connectivity index (χ1) is 12.6. The normalized spacial score (nSPS) is 20.8. The van der Waals surface area contributed by atoms with Gasteiger partial charge in [-0.25, -0.2) is 0 Å². The van der Waals surface area contributed by atoms with E-state index < -0.39 is 0 Å². The van der Waals surface area contributed by atoms with Crippen LogP contribution in [-0.2, 0) is 24.1 Å². The molecule has 2 fully saturated rings. The van der Waals surface area contributed by atoms with Crippen molar-refractivity contribution < 1.29 is 28.9 Å². The molecule has 6 nitrogen and oxygen atoms in total. The summed E-state index contributed by atoms with van der Waals surface area (Å²) in [6.07, 6.45) is 8.02. The van der Waals surface area contributed by atoms with E-state index in [0.29, 0.717) is 5.56 Å². The molecule has 2 amide bonds. The van der Waals surface area contributed by atoms with Gasteiger partial charge in [-0.2, -0.15) is 0 Å². The fraction of sp³-hybridized carbons (Fsp3) is 0.368. The fourth-order valence-electron chi connectivity index (χ4n) is 3.02. The van der Waals surface area contributed by atoms with E-state index in [-0.39, 0.29) is 29.8 Å². The van der Waals surface area contributed by atoms with Gasteiger partial charge in [-0.3, -0.25) is 4.79 Å². The van der Waals surface area contributed by atoms with Crippen molar-refractivity contribution >= 4 is 22.6 Å². The SMILES string of the molecule is NC(c1ccc(C(=O)NC=CC=N[CH]=[W])cc1)C1CN1C(=O)C1CCC1. The number of nitrogens with zero attached hydrogens (tertiary/aromatic N) is 2. The Morgan fingerprint density at radius 1 is 1.31 bits per heavy atom. The molecule has 0 spiro atoms. The molecule has 1 aliphatic carbocycles. The van der Waals surface area contributed by atoms with Crippen LogP contribution in [0.5, 0.6) is 0 Å². The molecule has 2 unspecified atom stereocenters. The van der Waals surface area contributed by atoms with E-state index in [4.69, 9.17) is 5.73 Å². The maximum absolute atomic E-state index is 12.2. The van der Waals surface area contributed by atoms with Gasteiger partial charge in [-0.05, 0) is 12.8 Å². The first kappa shape index (κ1) is 18.9. The molecule has 0 bridgehead atoms. The van der Waals surface area contributed by atoms with Crippen molar-refractivity contribution in [3.8, 4) is 0 Å². The van der Waals surface area contributed by atoms with Crippen molar-refractivity contribution in [1.29, 1.82) is 0 Å². The maximum atomic E-state index is 12.2. The minimum Gasteiger partial charge on any atom is -0.334 e. The van der Waals surface area contributed by atoms with Crippen LogP contribution in [0.4, 0.5) is 0 Å². The Kier molecular flexibility index (Phi) is 6.28. The molecule has 1 saturated heterocycles. The van der Waals surface area contributed by atoms with E-state index in [1.54, 1.807) is 35.1 Å². The van der Waals surface area contributed by atoms with E-state index in [1.165, 1.54) is 19.4 Å². The van der Waals surface area contributed by atoms with Gasteiger partial charge in [0.25, 0.3) is 0 Å². The summed E-state index contributed by atoms with van der Waals surface area (Å²) in [6.45, 7) is 0.738. The number of benzene rings is 1. The third-order valence-corrected chi connectivity index (χ3v) is 5.34. The zero-order valence-electron chi connectivity index (χ0n) is 14.4. The molecule has 1 saturated carbocycles. The molecule has 136 valence electrons. The zero-order valence-corrected chi connectivity index (χ0v) is 17.3. The largest absolute Gasteiger partial charge is 0.334 e. The van der Waals surface area contributed by atoms with E-state index in [1.807, 2.05) is 17.0 Å². The minimum absolute atomic E-state index is 0.0854. The Morgan fingerprint density at radius 3 is 2.65 bits per heavy atom. The molecule has 3 N–H and O–H groups in total. The van der Waals surface area contributed by atoms with Gasteiger partial charge in [-0.15, -0.1) is 0 Å². The quantitative estimate of drug-likeness (QED) is 0.419. The van der Waals surface area contributed by atoms with Crippen LogP contribution in [0.3, 0.4) is 0 Å². The van der Waals surface area contributed by atoms with Gasteiger partial charge in [0.2, 0.25) is 5.91 Å². The molecule has 26 heavy (non-hydrogen) atoms. The van der Waals surface area contributed by atoms with Crippen LogP contribution >= 0.6 is 0 Å². The molecule has 1 aromatic rings. The van der Waals surface area contributed by atoms with Gasteiger partial charge < -0.3 is 10.6 Å². The number of carbonyl (C=O) groups is 2. The number of nitrogens with two attached hydrogens (primary N) is 1. The summed E-state index contributed by atoms with van der Waals surface area (Å²) in [7, 11) is 0. The average molecular weight is 522 g/mol. The number of allylic oxidation sites excluding steroid dienone is 1. The Bertz CT molecular complexity index is 740. The Balaban J connectivity index is 1.53. The van der Waals surface area contributed by atoms with Gasteiger partial charge in [-0.1, -0.05) is 6.42 Å². The predicted molar refractivity (Wildman–Crippen MR) is 97.4 cm³/mol.